The van der Waals surface area contributed by atoms with Crippen LogP contribution in [-0.2, 0) is 20.8 Å². The van der Waals surface area contributed by atoms with E-state index in [9.17, 15) is 12.6 Å². The molecule has 0 aliphatic heterocycles. The van der Waals surface area contributed by atoms with Crippen LogP contribution in [-0.4, -0.2) is 37.2 Å². The van der Waals surface area contributed by atoms with Crippen molar-refractivity contribution in [2.75, 3.05) is 24.6 Å². The molecule has 0 spiro atoms. The summed E-state index contributed by atoms with van der Waals surface area (Å²) in [4.78, 5) is 0.181. The molecule has 7 heteroatoms. The highest BCUT2D eigenvalue weighted by atomic mass is 32.2. The predicted octanol–water partition coefficient (Wildman–Crippen LogP) is 0.352. The topological polar surface area (TPSA) is 89.3 Å². The van der Waals surface area contributed by atoms with E-state index < -0.39 is 20.8 Å². The highest BCUT2D eigenvalue weighted by Gasteiger charge is 2.14. The Morgan fingerprint density at radius 3 is 2.67 bits per heavy atom. The van der Waals surface area contributed by atoms with Crippen LogP contribution in [0.1, 0.15) is 18.1 Å². The molecule has 0 saturated carbocycles. The number of hydrogen-bond acceptors (Lipinski definition) is 4. The van der Waals surface area contributed by atoms with Gasteiger partial charge < -0.3 is 5.73 Å². The third-order valence-corrected chi connectivity index (χ3v) is 5.54. The Hall–Kier alpha value is -1.20. The van der Waals surface area contributed by atoms with Crippen molar-refractivity contribution in [3.63, 3.8) is 0 Å². The minimum Gasteiger partial charge on any atom is -0.320 e. The normalized spacial score (nSPS) is 12.5. The molecule has 0 fully saturated rings. The lowest BCUT2D eigenvalue weighted by Crippen LogP contribution is -2.28. The molecule has 0 radical (unpaired) electrons. The maximum atomic E-state index is 12.1. The summed E-state index contributed by atoms with van der Waals surface area (Å²) in [5, 5.41) is 0. The average Bonchev–Trinajstić information content (AvgIpc) is 2.45. The van der Waals surface area contributed by atoms with Crippen LogP contribution in [0.2, 0.25) is 0 Å². The molecule has 0 aliphatic rings. The highest BCUT2D eigenvalue weighted by Crippen LogP contribution is 2.14. The van der Waals surface area contributed by atoms with Crippen molar-refractivity contribution in [3.8, 4) is 11.8 Å². The van der Waals surface area contributed by atoms with Gasteiger partial charge in [-0.25, -0.2) is 13.1 Å². The van der Waals surface area contributed by atoms with Crippen molar-refractivity contribution in [2.24, 2.45) is 5.73 Å². The number of hydrogen-bond donors (Lipinski definition) is 2. The summed E-state index contributed by atoms with van der Waals surface area (Å²) < 4.78 is 38.0. The van der Waals surface area contributed by atoms with Crippen molar-refractivity contribution in [1.82, 2.24) is 4.72 Å². The molecule has 0 amide bonds. The third kappa shape index (κ3) is 5.59. The van der Waals surface area contributed by atoms with Crippen LogP contribution in [0.5, 0.6) is 0 Å². The quantitative estimate of drug-likeness (QED) is 0.738. The summed E-state index contributed by atoms with van der Waals surface area (Å²) in [5.74, 6) is 6.46. The summed E-state index contributed by atoms with van der Waals surface area (Å²) >= 11 is 0. The van der Waals surface area contributed by atoms with Crippen molar-refractivity contribution >= 4 is 20.8 Å². The smallest absolute Gasteiger partial charge is 0.240 e. The second-order valence-corrected chi connectivity index (χ2v) is 7.95. The Bertz CT molecular complexity index is 673. The zero-order chi connectivity index (χ0) is 15.9. The van der Waals surface area contributed by atoms with Gasteiger partial charge in [0.1, 0.15) is 0 Å². The fraction of sp³-hybridized carbons (Fsp3) is 0.429. The molecule has 1 unspecified atom stereocenters. The molecular formula is C14H20N2O3S2. The van der Waals surface area contributed by atoms with Gasteiger partial charge in [-0.15, -0.1) is 0 Å². The lowest BCUT2D eigenvalue weighted by molar-refractivity contribution is 0.584. The number of sulfonamides is 1. The SMILES string of the molecule is CCS(=O)CCNS(=O)(=O)c1ccc(C#CCN)c(C)c1. The molecule has 0 aromatic heterocycles. The van der Waals surface area contributed by atoms with Crippen LogP contribution in [0.4, 0.5) is 0 Å². The van der Waals surface area contributed by atoms with Gasteiger partial charge in [-0.3, -0.25) is 4.21 Å². The third-order valence-electron chi connectivity index (χ3n) is 2.78. The molecule has 1 rings (SSSR count). The number of nitrogens with one attached hydrogen (secondary N) is 1. The van der Waals surface area contributed by atoms with Crippen molar-refractivity contribution in [2.45, 2.75) is 18.7 Å². The standard InChI is InChI=1S/C14H20N2O3S2/c1-3-20(17)10-9-16-21(18,19)14-7-6-13(5-4-8-15)12(2)11-14/h6-7,11,16H,3,8-10,15H2,1-2H3. The molecule has 0 heterocycles. The summed E-state index contributed by atoms with van der Waals surface area (Å²) in [6, 6.07) is 4.74. The second-order valence-electron chi connectivity index (χ2n) is 4.31. The van der Waals surface area contributed by atoms with Crippen LogP contribution < -0.4 is 10.5 Å². The fourth-order valence-corrected chi connectivity index (χ4v) is 3.47. The van der Waals surface area contributed by atoms with Crippen molar-refractivity contribution < 1.29 is 12.6 Å². The van der Waals surface area contributed by atoms with Gasteiger partial charge in [-0.05, 0) is 30.7 Å². The number of rotatable bonds is 6. The average molecular weight is 328 g/mol. The van der Waals surface area contributed by atoms with E-state index >= 15 is 0 Å². The molecule has 0 bridgehead atoms. The van der Waals surface area contributed by atoms with E-state index in [1.165, 1.54) is 6.07 Å². The number of benzene rings is 1. The Morgan fingerprint density at radius 1 is 1.38 bits per heavy atom. The molecule has 1 aromatic carbocycles. The number of nitrogens with two attached hydrogens (primary N) is 1. The minimum atomic E-state index is -3.58. The van der Waals surface area contributed by atoms with Crippen LogP contribution >= 0.6 is 0 Å². The van der Waals surface area contributed by atoms with Crippen LogP contribution in [0, 0.1) is 18.8 Å². The maximum absolute atomic E-state index is 12.1. The van der Waals surface area contributed by atoms with Gasteiger partial charge in [0.2, 0.25) is 10.0 Å². The van der Waals surface area contributed by atoms with E-state index in [0.717, 1.165) is 11.1 Å². The van der Waals surface area contributed by atoms with Gasteiger partial charge in [-0.2, -0.15) is 0 Å². The molecule has 21 heavy (non-hydrogen) atoms. The monoisotopic (exact) mass is 328 g/mol. The maximum Gasteiger partial charge on any atom is 0.240 e. The van der Waals surface area contributed by atoms with Crippen molar-refractivity contribution in [1.29, 1.82) is 0 Å². The van der Waals surface area contributed by atoms with Gasteiger partial charge >= 0.3 is 0 Å². The van der Waals surface area contributed by atoms with Crippen LogP contribution in [0.15, 0.2) is 23.1 Å². The first kappa shape index (κ1) is 17.9. The Balaban J connectivity index is 2.84. The first-order valence-corrected chi connectivity index (χ1v) is 9.52. The summed E-state index contributed by atoms with van der Waals surface area (Å²) in [6.07, 6.45) is 0. The van der Waals surface area contributed by atoms with Gasteiger partial charge in [0.05, 0.1) is 11.4 Å². The number of aryl methyl sites for hydroxylation is 1. The van der Waals surface area contributed by atoms with Crippen LogP contribution in [0.3, 0.4) is 0 Å². The van der Waals surface area contributed by atoms with E-state index in [0.29, 0.717) is 11.5 Å². The highest BCUT2D eigenvalue weighted by molar-refractivity contribution is 7.89. The van der Waals surface area contributed by atoms with Crippen molar-refractivity contribution in [3.05, 3.63) is 29.3 Å². The van der Waals surface area contributed by atoms with E-state index in [-0.39, 0.29) is 18.0 Å². The Kier molecular flexibility index (Phi) is 7.05. The molecule has 116 valence electrons. The molecule has 3 N–H and O–H groups in total. The molecular weight excluding hydrogens is 308 g/mol. The molecule has 0 aliphatic carbocycles. The molecule has 5 nitrogen and oxygen atoms in total. The molecule has 1 atom stereocenters. The zero-order valence-electron chi connectivity index (χ0n) is 12.2. The Labute approximate surface area is 128 Å². The largest absolute Gasteiger partial charge is 0.320 e. The first-order chi connectivity index (χ1) is 9.90. The summed E-state index contributed by atoms with van der Waals surface area (Å²) in [7, 11) is -4.57. The second kappa shape index (κ2) is 8.29. The fourth-order valence-electron chi connectivity index (χ4n) is 1.61. The van der Waals surface area contributed by atoms with E-state index in [1.54, 1.807) is 26.0 Å². The predicted molar refractivity (Wildman–Crippen MR) is 85.9 cm³/mol. The first-order valence-electron chi connectivity index (χ1n) is 6.55. The van der Waals surface area contributed by atoms with E-state index in [4.69, 9.17) is 5.73 Å². The van der Waals surface area contributed by atoms with Gasteiger partial charge in [-0.1, -0.05) is 18.8 Å². The minimum absolute atomic E-state index is 0.163. The van der Waals surface area contributed by atoms with E-state index in [1.807, 2.05) is 0 Å². The Morgan fingerprint density at radius 2 is 2.10 bits per heavy atom. The lowest BCUT2D eigenvalue weighted by Gasteiger charge is -2.08. The summed E-state index contributed by atoms with van der Waals surface area (Å²) in [5.41, 5.74) is 6.84. The van der Waals surface area contributed by atoms with Crippen LogP contribution in [0.25, 0.3) is 0 Å². The summed E-state index contributed by atoms with van der Waals surface area (Å²) in [6.45, 7) is 4.02. The molecule has 1 aromatic rings. The zero-order valence-corrected chi connectivity index (χ0v) is 13.8. The molecule has 0 saturated heterocycles. The van der Waals surface area contributed by atoms with E-state index in [2.05, 4.69) is 16.6 Å². The van der Waals surface area contributed by atoms with Gasteiger partial charge in [0.15, 0.2) is 0 Å². The lowest BCUT2D eigenvalue weighted by atomic mass is 10.1. The van der Waals surface area contributed by atoms with Gasteiger partial charge in [0, 0.05) is 34.4 Å². The van der Waals surface area contributed by atoms with Gasteiger partial charge in [0.25, 0.3) is 0 Å².